The number of likely N-dealkylation sites (N-methyl/N-ethyl adjacent to an activating group) is 2. The molecule has 2 aliphatic rings. The van der Waals surface area contributed by atoms with E-state index >= 15 is 0 Å². The van der Waals surface area contributed by atoms with Gasteiger partial charge in [0.1, 0.15) is 16.7 Å². The number of nitrogens with one attached hydrogen (secondary N) is 3. The van der Waals surface area contributed by atoms with Crippen LogP contribution in [0, 0.1) is 5.92 Å². The summed E-state index contributed by atoms with van der Waals surface area (Å²) in [6, 6.07) is 7.60. The van der Waals surface area contributed by atoms with E-state index in [0.717, 1.165) is 63.8 Å². The third kappa shape index (κ3) is 10.2. The smallest absolute Gasteiger partial charge is 0.240 e. The van der Waals surface area contributed by atoms with Crippen molar-refractivity contribution >= 4 is 35.2 Å². The standard InChI is InChI=1S/C31H52N6O3S/c1-5-36(6-2)20-19-33-27(38)10-8-9-23-13-17-24(18-14-23)34-21-26-30(40)37(7-3)31(41-26)28(32)29(39)35-25-15-11-22(4)12-16-25/h13-14,17-18,22,25-26,28,31,34H,5-12,15-16,19-21,32H2,1-4H3,(H,33,38)(H,35,39)/t22?,25?,26-,28-,31?/m1/s1. The molecule has 1 aromatic rings. The first-order valence-electron chi connectivity index (χ1n) is 15.6. The van der Waals surface area contributed by atoms with Crippen molar-refractivity contribution in [2.24, 2.45) is 11.7 Å². The van der Waals surface area contributed by atoms with Gasteiger partial charge < -0.3 is 31.5 Å². The summed E-state index contributed by atoms with van der Waals surface area (Å²) < 4.78 is 0. The number of anilines is 1. The zero-order chi connectivity index (χ0) is 29.8. The first-order valence-corrected chi connectivity index (χ1v) is 16.5. The number of hydrogen-bond acceptors (Lipinski definition) is 7. The molecule has 41 heavy (non-hydrogen) atoms. The van der Waals surface area contributed by atoms with Crippen LogP contribution in [0.5, 0.6) is 0 Å². The number of hydrogen-bond donors (Lipinski definition) is 4. The van der Waals surface area contributed by atoms with Crippen molar-refractivity contribution in [1.82, 2.24) is 20.4 Å². The van der Waals surface area contributed by atoms with Crippen molar-refractivity contribution in [2.75, 3.05) is 44.6 Å². The lowest BCUT2D eigenvalue weighted by atomic mass is 9.87. The molecule has 0 bridgehead atoms. The van der Waals surface area contributed by atoms with Gasteiger partial charge in [0.25, 0.3) is 0 Å². The molecule has 1 aromatic carbocycles. The van der Waals surface area contributed by atoms with Crippen molar-refractivity contribution in [1.29, 1.82) is 0 Å². The Morgan fingerprint density at radius 3 is 2.41 bits per heavy atom. The summed E-state index contributed by atoms with van der Waals surface area (Å²) in [6.07, 6.45) is 6.40. The molecule has 1 saturated heterocycles. The van der Waals surface area contributed by atoms with Crippen LogP contribution in [-0.4, -0.2) is 89.5 Å². The van der Waals surface area contributed by atoms with E-state index in [2.05, 4.69) is 53.8 Å². The first-order chi connectivity index (χ1) is 19.7. The topological polar surface area (TPSA) is 120 Å². The van der Waals surface area contributed by atoms with E-state index in [1.807, 2.05) is 19.1 Å². The molecule has 3 rings (SSSR count). The van der Waals surface area contributed by atoms with Crippen LogP contribution in [0.3, 0.4) is 0 Å². The monoisotopic (exact) mass is 588 g/mol. The molecule has 5 N–H and O–H groups in total. The minimum atomic E-state index is -0.753. The summed E-state index contributed by atoms with van der Waals surface area (Å²) in [7, 11) is 0. The second-order valence-electron chi connectivity index (χ2n) is 11.4. The van der Waals surface area contributed by atoms with Crippen LogP contribution in [0.15, 0.2) is 24.3 Å². The molecule has 1 aliphatic carbocycles. The third-order valence-corrected chi connectivity index (χ3v) is 9.97. The number of nitrogens with zero attached hydrogens (tertiary/aromatic N) is 2. The fourth-order valence-electron chi connectivity index (χ4n) is 5.63. The molecule has 9 nitrogen and oxygen atoms in total. The maximum absolute atomic E-state index is 13.1. The average molecular weight is 589 g/mol. The number of amides is 3. The SMILES string of the molecule is CCN(CC)CCNC(=O)CCCc1ccc(NC[C@H]2SC([C@H](N)C(=O)NC3CCC(C)CC3)N(CC)C2=O)cc1. The first kappa shape index (κ1) is 33.2. The predicted octanol–water partition coefficient (Wildman–Crippen LogP) is 3.19. The number of rotatable bonds is 16. The van der Waals surface area contributed by atoms with Crippen LogP contribution >= 0.6 is 11.8 Å². The van der Waals surface area contributed by atoms with Gasteiger partial charge in [-0.05, 0) is 82.2 Å². The zero-order valence-corrected chi connectivity index (χ0v) is 26.3. The van der Waals surface area contributed by atoms with E-state index in [9.17, 15) is 14.4 Å². The van der Waals surface area contributed by atoms with E-state index in [0.29, 0.717) is 32.0 Å². The molecule has 1 saturated carbocycles. The normalized spacial score (nSPS) is 23.5. The van der Waals surface area contributed by atoms with Crippen molar-refractivity contribution in [3.8, 4) is 0 Å². The number of benzene rings is 1. The highest BCUT2D eigenvalue weighted by Crippen LogP contribution is 2.33. The molecule has 3 atom stereocenters. The minimum absolute atomic E-state index is 0.0248. The minimum Gasteiger partial charge on any atom is -0.383 e. The van der Waals surface area contributed by atoms with Crippen LogP contribution in [0.2, 0.25) is 0 Å². The maximum Gasteiger partial charge on any atom is 0.240 e. The van der Waals surface area contributed by atoms with E-state index < -0.39 is 6.04 Å². The molecule has 2 fully saturated rings. The van der Waals surface area contributed by atoms with Crippen molar-refractivity contribution in [2.45, 2.75) is 95.3 Å². The molecule has 0 spiro atoms. The van der Waals surface area contributed by atoms with Gasteiger partial charge in [-0.3, -0.25) is 14.4 Å². The lowest BCUT2D eigenvalue weighted by Crippen LogP contribution is -2.54. The third-order valence-electron chi connectivity index (χ3n) is 8.44. The Morgan fingerprint density at radius 2 is 1.78 bits per heavy atom. The zero-order valence-electron chi connectivity index (χ0n) is 25.5. The van der Waals surface area contributed by atoms with Crippen molar-refractivity contribution in [3.63, 3.8) is 0 Å². The van der Waals surface area contributed by atoms with Crippen molar-refractivity contribution in [3.05, 3.63) is 29.8 Å². The van der Waals surface area contributed by atoms with Gasteiger partial charge in [-0.2, -0.15) is 0 Å². The predicted molar refractivity (Wildman–Crippen MR) is 169 cm³/mol. The number of nitrogens with two attached hydrogens (primary N) is 1. The molecule has 3 amide bonds. The van der Waals surface area contributed by atoms with Crippen LogP contribution in [-0.2, 0) is 20.8 Å². The van der Waals surface area contributed by atoms with Crippen molar-refractivity contribution < 1.29 is 14.4 Å². The Balaban J connectivity index is 1.40. The Morgan fingerprint density at radius 1 is 1.10 bits per heavy atom. The summed E-state index contributed by atoms with van der Waals surface area (Å²) >= 11 is 1.48. The van der Waals surface area contributed by atoms with Crippen LogP contribution in [0.4, 0.5) is 5.69 Å². The summed E-state index contributed by atoms with van der Waals surface area (Å²) in [4.78, 5) is 42.2. The summed E-state index contributed by atoms with van der Waals surface area (Å²) in [6.45, 7) is 13.0. The highest BCUT2D eigenvalue weighted by molar-refractivity contribution is 8.01. The fourth-order valence-corrected chi connectivity index (χ4v) is 7.09. The fraction of sp³-hybridized carbons (Fsp3) is 0.710. The molecule has 1 heterocycles. The number of carbonyl (C=O) groups excluding carboxylic acids is 3. The Labute approximate surface area is 251 Å². The second kappa shape index (κ2) is 17.0. The quantitative estimate of drug-likeness (QED) is 0.234. The van der Waals surface area contributed by atoms with Gasteiger partial charge in [0, 0.05) is 44.3 Å². The largest absolute Gasteiger partial charge is 0.383 e. The Kier molecular flexibility index (Phi) is 13.7. The second-order valence-corrected chi connectivity index (χ2v) is 12.8. The maximum atomic E-state index is 13.1. The molecule has 1 unspecified atom stereocenters. The van der Waals surface area contributed by atoms with Gasteiger partial charge in [0.15, 0.2) is 0 Å². The molecular weight excluding hydrogens is 536 g/mol. The molecule has 0 radical (unpaired) electrons. The van der Waals surface area contributed by atoms with Gasteiger partial charge in [-0.1, -0.05) is 32.9 Å². The van der Waals surface area contributed by atoms with Crippen LogP contribution in [0.25, 0.3) is 0 Å². The van der Waals surface area contributed by atoms with Crippen LogP contribution in [0.1, 0.15) is 71.8 Å². The van der Waals surface area contributed by atoms with E-state index in [1.54, 1.807) is 4.90 Å². The Bertz CT molecular complexity index is 965. The van der Waals surface area contributed by atoms with Gasteiger partial charge in [-0.15, -0.1) is 11.8 Å². The molecule has 230 valence electrons. The van der Waals surface area contributed by atoms with Gasteiger partial charge >= 0.3 is 0 Å². The Hall–Kier alpha value is -2.30. The summed E-state index contributed by atoms with van der Waals surface area (Å²) in [5.74, 6) is 0.687. The van der Waals surface area contributed by atoms with Gasteiger partial charge in [0.05, 0.1) is 0 Å². The lowest BCUT2D eigenvalue weighted by Gasteiger charge is -2.30. The lowest BCUT2D eigenvalue weighted by molar-refractivity contribution is -0.131. The number of thioether (sulfide) groups is 1. The molecule has 1 aliphatic heterocycles. The highest BCUT2D eigenvalue weighted by atomic mass is 32.2. The molecule has 10 heteroatoms. The van der Waals surface area contributed by atoms with E-state index in [4.69, 9.17) is 5.73 Å². The molecule has 0 aromatic heterocycles. The van der Waals surface area contributed by atoms with Gasteiger partial charge in [0.2, 0.25) is 17.7 Å². The highest BCUT2D eigenvalue weighted by Gasteiger charge is 2.44. The average Bonchev–Trinajstić information content (AvgIpc) is 3.30. The number of aryl methyl sites for hydroxylation is 1. The van der Waals surface area contributed by atoms with E-state index in [-0.39, 0.29) is 34.4 Å². The number of carbonyl (C=O) groups is 3. The molecular formula is C31H52N6O3S. The van der Waals surface area contributed by atoms with E-state index in [1.165, 1.54) is 17.3 Å². The van der Waals surface area contributed by atoms with Gasteiger partial charge in [-0.25, -0.2) is 0 Å². The summed E-state index contributed by atoms with van der Waals surface area (Å²) in [5, 5.41) is 8.88. The van der Waals surface area contributed by atoms with Crippen LogP contribution < -0.4 is 21.7 Å². The summed E-state index contributed by atoms with van der Waals surface area (Å²) in [5.41, 5.74) is 8.53.